The summed E-state index contributed by atoms with van der Waals surface area (Å²) in [6.07, 6.45) is 3.55. The Hall–Kier alpha value is -2.90. The van der Waals surface area contributed by atoms with Crippen LogP contribution in [0, 0.1) is 0 Å². The zero-order valence-corrected chi connectivity index (χ0v) is 21.2. The summed E-state index contributed by atoms with van der Waals surface area (Å²) in [6, 6.07) is 23.1. The molecule has 7 heteroatoms. The Kier molecular flexibility index (Phi) is 6.45. The van der Waals surface area contributed by atoms with Crippen LogP contribution in [0.2, 0.25) is 0 Å². The van der Waals surface area contributed by atoms with Gasteiger partial charge in [0.2, 0.25) is 0 Å². The smallest absolute Gasteiger partial charge is 0.276 e. The van der Waals surface area contributed by atoms with Crippen LogP contribution in [-0.2, 0) is 22.0 Å². The zero-order valence-electron chi connectivity index (χ0n) is 18.8. The number of nitrogens with zero attached hydrogens (tertiary/aromatic N) is 2. The van der Waals surface area contributed by atoms with Crippen LogP contribution < -0.4 is 4.83 Å². The van der Waals surface area contributed by atoms with E-state index in [2.05, 4.69) is 63.3 Å². The summed E-state index contributed by atoms with van der Waals surface area (Å²) in [7, 11) is -3.75. The number of hydrogen-bond donors (Lipinski definition) is 1. The fourth-order valence-electron chi connectivity index (χ4n) is 3.65. The number of para-hydroxylation sites is 1. The van der Waals surface area contributed by atoms with Crippen molar-refractivity contribution in [2.24, 2.45) is 5.10 Å². The van der Waals surface area contributed by atoms with Gasteiger partial charge in [-0.2, -0.15) is 13.5 Å². The Labute approximate surface area is 203 Å². The van der Waals surface area contributed by atoms with Crippen molar-refractivity contribution in [1.29, 1.82) is 0 Å². The Morgan fingerprint density at radius 3 is 2.30 bits per heavy atom. The first kappa shape index (κ1) is 23.3. The van der Waals surface area contributed by atoms with Crippen LogP contribution in [0.1, 0.15) is 37.5 Å². The summed E-state index contributed by atoms with van der Waals surface area (Å²) in [5.74, 6) is 0. The van der Waals surface area contributed by atoms with E-state index in [1.807, 2.05) is 54.7 Å². The number of aromatic nitrogens is 1. The minimum atomic E-state index is -3.75. The summed E-state index contributed by atoms with van der Waals surface area (Å²) < 4.78 is 28.6. The molecule has 0 spiro atoms. The lowest BCUT2D eigenvalue weighted by Gasteiger charge is -2.19. The van der Waals surface area contributed by atoms with Gasteiger partial charge in [0.1, 0.15) is 0 Å². The first-order valence-corrected chi connectivity index (χ1v) is 12.9. The molecule has 0 unspecified atom stereocenters. The van der Waals surface area contributed by atoms with Crippen LogP contribution in [0.25, 0.3) is 10.9 Å². The summed E-state index contributed by atoms with van der Waals surface area (Å²) in [4.78, 5) is 2.52. The maximum Gasteiger partial charge on any atom is 0.276 e. The standard InChI is InChI=1S/C26H26BrN3O2S/c1-26(2,3)21-10-14-23(15-11-21)33(31,32)29-28-16-20-18-30(25-7-5-4-6-24(20)25)17-19-8-12-22(27)13-9-19/h4-16,18,29H,17H2,1-3H3/b28-16+. The van der Waals surface area contributed by atoms with E-state index < -0.39 is 10.0 Å². The molecule has 0 aliphatic carbocycles. The minimum absolute atomic E-state index is 0.0433. The highest BCUT2D eigenvalue weighted by Crippen LogP contribution is 2.24. The number of nitrogens with one attached hydrogen (secondary N) is 1. The summed E-state index contributed by atoms with van der Waals surface area (Å²) in [5.41, 5.74) is 4.10. The molecule has 170 valence electrons. The maximum atomic E-state index is 12.7. The van der Waals surface area contributed by atoms with Crippen molar-refractivity contribution < 1.29 is 8.42 Å². The van der Waals surface area contributed by atoms with Gasteiger partial charge in [0.05, 0.1) is 11.1 Å². The predicted octanol–water partition coefficient (Wildman–Crippen LogP) is 6.06. The second kappa shape index (κ2) is 9.15. The maximum absolute atomic E-state index is 12.7. The number of halogens is 1. The monoisotopic (exact) mass is 523 g/mol. The van der Waals surface area contributed by atoms with Gasteiger partial charge in [-0.05, 0) is 46.9 Å². The van der Waals surface area contributed by atoms with Crippen LogP contribution in [-0.4, -0.2) is 19.2 Å². The first-order valence-electron chi connectivity index (χ1n) is 10.6. The predicted molar refractivity (Wildman–Crippen MR) is 138 cm³/mol. The van der Waals surface area contributed by atoms with Crippen molar-refractivity contribution in [2.75, 3.05) is 0 Å². The van der Waals surface area contributed by atoms with Gasteiger partial charge in [-0.25, -0.2) is 4.83 Å². The second-order valence-corrected chi connectivity index (χ2v) is 11.6. The summed E-state index contributed by atoms with van der Waals surface area (Å²) >= 11 is 3.47. The largest absolute Gasteiger partial charge is 0.342 e. The van der Waals surface area contributed by atoms with Crippen LogP contribution in [0.3, 0.4) is 0 Å². The van der Waals surface area contributed by atoms with E-state index >= 15 is 0 Å². The Bertz CT molecular complexity index is 1400. The molecule has 33 heavy (non-hydrogen) atoms. The zero-order chi connectivity index (χ0) is 23.6. The molecule has 1 aromatic heterocycles. The molecule has 0 aliphatic heterocycles. The Balaban J connectivity index is 1.56. The highest BCUT2D eigenvalue weighted by molar-refractivity contribution is 9.10. The Morgan fingerprint density at radius 1 is 0.970 bits per heavy atom. The molecule has 0 aliphatic rings. The molecule has 0 atom stereocenters. The number of benzene rings is 3. The molecule has 0 saturated carbocycles. The fourth-order valence-corrected chi connectivity index (χ4v) is 4.70. The quantitative estimate of drug-likeness (QED) is 0.246. The number of hydrazone groups is 1. The first-order chi connectivity index (χ1) is 15.6. The molecule has 0 bridgehead atoms. The van der Waals surface area contributed by atoms with E-state index in [4.69, 9.17) is 0 Å². The lowest BCUT2D eigenvalue weighted by Crippen LogP contribution is -2.19. The van der Waals surface area contributed by atoms with Crippen molar-refractivity contribution >= 4 is 43.1 Å². The molecule has 0 saturated heterocycles. The normalized spacial score (nSPS) is 12.5. The Morgan fingerprint density at radius 2 is 1.64 bits per heavy atom. The summed E-state index contributed by atoms with van der Waals surface area (Å²) in [6.45, 7) is 6.97. The molecule has 0 fully saturated rings. The molecular weight excluding hydrogens is 498 g/mol. The molecule has 1 heterocycles. The molecule has 5 nitrogen and oxygen atoms in total. The number of sulfonamides is 1. The van der Waals surface area contributed by atoms with E-state index in [-0.39, 0.29) is 10.3 Å². The van der Waals surface area contributed by atoms with Crippen LogP contribution >= 0.6 is 15.9 Å². The third-order valence-electron chi connectivity index (χ3n) is 5.49. The molecular formula is C26H26BrN3O2S. The molecule has 0 amide bonds. The lowest BCUT2D eigenvalue weighted by molar-refractivity contribution is 0.580. The molecule has 3 aromatic carbocycles. The topological polar surface area (TPSA) is 63.5 Å². The van der Waals surface area contributed by atoms with Crippen molar-refractivity contribution in [2.45, 2.75) is 37.6 Å². The van der Waals surface area contributed by atoms with E-state index in [9.17, 15) is 8.42 Å². The van der Waals surface area contributed by atoms with Crippen molar-refractivity contribution in [3.63, 3.8) is 0 Å². The molecule has 4 aromatic rings. The van der Waals surface area contributed by atoms with E-state index in [1.165, 1.54) is 5.56 Å². The van der Waals surface area contributed by atoms with Crippen molar-refractivity contribution in [3.8, 4) is 0 Å². The van der Waals surface area contributed by atoms with Crippen LogP contribution in [0.15, 0.2) is 93.5 Å². The third kappa shape index (κ3) is 5.37. The SMILES string of the molecule is CC(C)(C)c1ccc(S(=O)(=O)N/N=C/c2cn(Cc3ccc(Br)cc3)c3ccccc23)cc1. The number of rotatable bonds is 6. The average molecular weight is 524 g/mol. The third-order valence-corrected chi connectivity index (χ3v) is 7.26. The van der Waals surface area contributed by atoms with E-state index in [0.29, 0.717) is 6.54 Å². The highest BCUT2D eigenvalue weighted by atomic mass is 79.9. The van der Waals surface area contributed by atoms with Crippen LogP contribution in [0.5, 0.6) is 0 Å². The van der Waals surface area contributed by atoms with Gasteiger partial charge >= 0.3 is 0 Å². The lowest BCUT2D eigenvalue weighted by atomic mass is 9.87. The van der Waals surface area contributed by atoms with E-state index in [0.717, 1.165) is 26.5 Å². The van der Waals surface area contributed by atoms with Gasteiger partial charge in [-0.3, -0.25) is 0 Å². The minimum Gasteiger partial charge on any atom is -0.342 e. The van der Waals surface area contributed by atoms with Crippen molar-refractivity contribution in [3.05, 3.63) is 100 Å². The second-order valence-electron chi connectivity index (χ2n) is 8.98. The molecule has 4 rings (SSSR count). The number of fused-ring (bicyclic) bond motifs is 1. The molecule has 1 N–H and O–H groups in total. The number of hydrogen-bond acceptors (Lipinski definition) is 3. The van der Waals surface area contributed by atoms with Gasteiger partial charge in [-0.1, -0.05) is 79.2 Å². The van der Waals surface area contributed by atoms with Crippen molar-refractivity contribution in [1.82, 2.24) is 9.40 Å². The highest BCUT2D eigenvalue weighted by Gasteiger charge is 2.17. The average Bonchev–Trinajstić information content (AvgIpc) is 3.12. The van der Waals surface area contributed by atoms with Gasteiger partial charge < -0.3 is 4.57 Å². The van der Waals surface area contributed by atoms with Gasteiger partial charge in [0, 0.05) is 33.7 Å². The van der Waals surface area contributed by atoms with E-state index in [1.54, 1.807) is 18.3 Å². The fraction of sp³-hybridized carbons (Fsp3) is 0.192. The van der Waals surface area contributed by atoms with Crippen LogP contribution in [0.4, 0.5) is 0 Å². The van der Waals surface area contributed by atoms with Gasteiger partial charge in [0.25, 0.3) is 10.0 Å². The summed E-state index contributed by atoms with van der Waals surface area (Å²) in [5, 5.41) is 5.07. The van der Waals surface area contributed by atoms with Gasteiger partial charge in [0.15, 0.2) is 0 Å². The van der Waals surface area contributed by atoms with Gasteiger partial charge in [-0.15, -0.1) is 0 Å². The molecule has 0 radical (unpaired) electrons.